The number of nitrogens with two attached hydrogens (primary N) is 1. The van der Waals surface area contributed by atoms with Gasteiger partial charge in [-0.2, -0.15) is 0 Å². The third kappa shape index (κ3) is 4.65. The third-order valence-electron chi connectivity index (χ3n) is 6.76. The monoisotopic (exact) mass is 421 g/mol. The topological polar surface area (TPSA) is 76.8 Å². The van der Waals surface area contributed by atoms with Gasteiger partial charge in [0.1, 0.15) is 5.75 Å². The molecule has 2 atom stereocenters. The average Bonchev–Trinajstić information content (AvgIpc) is 2.71. The molecule has 2 unspecified atom stereocenters. The number of halogens is 1. The van der Waals surface area contributed by atoms with Crippen LogP contribution < -0.4 is 15.8 Å². The second kappa shape index (κ2) is 9.11. The van der Waals surface area contributed by atoms with E-state index in [4.69, 9.17) is 26.8 Å². The predicted octanol–water partition coefficient (Wildman–Crippen LogP) is 3.47. The first-order valence-corrected chi connectivity index (χ1v) is 11.2. The van der Waals surface area contributed by atoms with Crippen LogP contribution in [0.3, 0.4) is 0 Å². The standard InChI is InChI=1S/C22H32ClN3O3/c1-28-21-10-20(24)19(23)9-18(21)22(27)25-15-7-16-12-29-13-17(8-15)26(16)11-14-5-3-2-4-6-14/h9-10,14-17H,2-8,11-13,24H2,1H3,(H,25,27). The number of ether oxygens (including phenoxy) is 2. The van der Waals surface area contributed by atoms with Crippen molar-refractivity contribution in [3.63, 3.8) is 0 Å². The van der Waals surface area contributed by atoms with Crippen molar-refractivity contribution in [2.24, 2.45) is 5.92 Å². The molecule has 3 aliphatic rings. The van der Waals surface area contributed by atoms with Gasteiger partial charge in [0, 0.05) is 30.7 Å². The molecule has 0 aromatic heterocycles. The number of anilines is 1. The summed E-state index contributed by atoms with van der Waals surface area (Å²) in [6.45, 7) is 2.69. The summed E-state index contributed by atoms with van der Waals surface area (Å²) in [6.07, 6.45) is 8.67. The number of hydrogen-bond donors (Lipinski definition) is 2. The highest BCUT2D eigenvalue weighted by molar-refractivity contribution is 6.33. The summed E-state index contributed by atoms with van der Waals surface area (Å²) < 4.78 is 11.2. The Kier molecular flexibility index (Phi) is 6.52. The number of nitrogens with one attached hydrogen (secondary N) is 1. The Morgan fingerprint density at radius 1 is 1.24 bits per heavy atom. The van der Waals surface area contributed by atoms with Crippen molar-refractivity contribution in [2.75, 3.05) is 32.6 Å². The van der Waals surface area contributed by atoms with Crippen molar-refractivity contribution in [3.8, 4) is 5.75 Å². The van der Waals surface area contributed by atoms with Crippen molar-refractivity contribution in [2.45, 2.75) is 63.1 Å². The van der Waals surface area contributed by atoms with Crippen LogP contribution in [0.4, 0.5) is 5.69 Å². The predicted molar refractivity (Wildman–Crippen MR) is 115 cm³/mol. The van der Waals surface area contributed by atoms with Crippen molar-refractivity contribution in [3.05, 3.63) is 22.7 Å². The maximum atomic E-state index is 12.9. The number of piperidine rings is 1. The van der Waals surface area contributed by atoms with Crippen LogP contribution in [0.25, 0.3) is 0 Å². The van der Waals surface area contributed by atoms with E-state index in [1.807, 2.05) is 0 Å². The number of morpholine rings is 1. The zero-order chi connectivity index (χ0) is 20.4. The van der Waals surface area contributed by atoms with Gasteiger partial charge in [-0.3, -0.25) is 9.69 Å². The van der Waals surface area contributed by atoms with Gasteiger partial charge in [0.15, 0.2) is 0 Å². The minimum atomic E-state index is -0.159. The maximum absolute atomic E-state index is 12.9. The lowest BCUT2D eigenvalue weighted by Crippen LogP contribution is -2.61. The fraction of sp³-hybridized carbons (Fsp3) is 0.682. The number of carbonyl (C=O) groups is 1. The van der Waals surface area contributed by atoms with E-state index in [9.17, 15) is 4.79 Å². The third-order valence-corrected chi connectivity index (χ3v) is 7.09. The zero-order valence-corrected chi connectivity index (χ0v) is 17.9. The molecule has 2 aliphatic heterocycles. The Labute approximate surface area is 178 Å². The number of nitrogens with zero attached hydrogens (tertiary/aromatic N) is 1. The van der Waals surface area contributed by atoms with Gasteiger partial charge >= 0.3 is 0 Å². The smallest absolute Gasteiger partial charge is 0.255 e. The highest BCUT2D eigenvalue weighted by Gasteiger charge is 2.40. The maximum Gasteiger partial charge on any atom is 0.255 e. The molecule has 0 radical (unpaired) electrons. The van der Waals surface area contributed by atoms with Crippen molar-refractivity contribution in [1.82, 2.24) is 10.2 Å². The zero-order valence-electron chi connectivity index (χ0n) is 17.2. The molecule has 7 heteroatoms. The summed E-state index contributed by atoms with van der Waals surface area (Å²) in [4.78, 5) is 15.6. The normalized spacial score (nSPS) is 28.1. The summed E-state index contributed by atoms with van der Waals surface area (Å²) >= 11 is 6.14. The largest absolute Gasteiger partial charge is 0.496 e. The van der Waals surface area contributed by atoms with Crippen LogP contribution in [-0.4, -0.2) is 55.8 Å². The van der Waals surface area contributed by atoms with Crippen molar-refractivity contribution < 1.29 is 14.3 Å². The molecule has 3 N–H and O–H groups in total. The first-order chi connectivity index (χ1) is 14.0. The number of methoxy groups -OCH3 is 1. The highest BCUT2D eigenvalue weighted by Crippen LogP contribution is 2.33. The van der Waals surface area contributed by atoms with Gasteiger partial charge in [-0.25, -0.2) is 0 Å². The van der Waals surface area contributed by atoms with Crippen LogP contribution in [-0.2, 0) is 4.74 Å². The molecule has 1 aromatic carbocycles. The van der Waals surface area contributed by atoms with Gasteiger partial charge in [-0.05, 0) is 37.7 Å². The quantitative estimate of drug-likeness (QED) is 0.712. The van der Waals surface area contributed by atoms with Gasteiger partial charge in [-0.1, -0.05) is 30.9 Å². The number of nitrogen functional groups attached to an aromatic ring is 1. The van der Waals surface area contributed by atoms with Crippen LogP contribution >= 0.6 is 11.6 Å². The summed E-state index contributed by atoms with van der Waals surface area (Å²) in [6, 6.07) is 4.09. The second-order valence-corrected chi connectivity index (χ2v) is 9.17. The molecule has 1 amide bonds. The van der Waals surface area contributed by atoms with Gasteiger partial charge in [0.25, 0.3) is 5.91 Å². The fourth-order valence-electron chi connectivity index (χ4n) is 5.25. The first-order valence-electron chi connectivity index (χ1n) is 10.8. The Morgan fingerprint density at radius 3 is 2.59 bits per heavy atom. The van der Waals surface area contributed by atoms with E-state index < -0.39 is 0 Å². The van der Waals surface area contributed by atoms with Crippen molar-refractivity contribution in [1.29, 1.82) is 0 Å². The molecule has 29 heavy (non-hydrogen) atoms. The number of carbonyl (C=O) groups excluding carboxylic acids is 1. The van der Waals surface area contributed by atoms with E-state index in [1.54, 1.807) is 12.1 Å². The SMILES string of the molecule is COc1cc(N)c(Cl)cc1C(=O)NC1CC2COCC(C1)N2CC1CCCCC1. The molecule has 160 valence electrons. The molecule has 6 nitrogen and oxygen atoms in total. The Hall–Kier alpha value is -1.50. The first kappa shape index (κ1) is 20.8. The molecule has 1 saturated carbocycles. The number of amides is 1. The summed E-state index contributed by atoms with van der Waals surface area (Å²) in [5.41, 5.74) is 6.67. The van der Waals surface area contributed by atoms with Gasteiger partial charge < -0.3 is 20.5 Å². The molecule has 1 aromatic rings. The molecule has 2 bridgehead atoms. The summed E-state index contributed by atoms with van der Waals surface area (Å²) in [5.74, 6) is 1.11. The molecule has 4 rings (SSSR count). The number of benzene rings is 1. The van der Waals surface area contributed by atoms with E-state index >= 15 is 0 Å². The lowest BCUT2D eigenvalue weighted by molar-refractivity contribution is -0.0871. The summed E-state index contributed by atoms with van der Waals surface area (Å²) in [7, 11) is 1.53. The molecule has 0 spiro atoms. The molecule has 3 fully saturated rings. The molecular weight excluding hydrogens is 390 g/mol. The number of fused-ring (bicyclic) bond motifs is 2. The van der Waals surface area contributed by atoms with Crippen molar-refractivity contribution >= 4 is 23.2 Å². The van der Waals surface area contributed by atoms with Crippen LogP contribution in [0, 0.1) is 5.92 Å². The van der Waals surface area contributed by atoms with E-state index in [2.05, 4.69) is 10.2 Å². The molecule has 2 heterocycles. The van der Waals surface area contributed by atoms with E-state index in [0.29, 0.717) is 34.1 Å². The second-order valence-electron chi connectivity index (χ2n) is 8.76. The Bertz CT molecular complexity index is 724. The van der Waals surface area contributed by atoms with E-state index in [0.717, 1.165) is 32.0 Å². The van der Waals surface area contributed by atoms with E-state index in [1.165, 1.54) is 45.8 Å². The Balaban J connectivity index is 1.41. The van der Waals surface area contributed by atoms with Gasteiger partial charge in [0.05, 0.1) is 36.6 Å². The lowest BCUT2D eigenvalue weighted by Gasteiger charge is -2.50. The molecule has 2 saturated heterocycles. The van der Waals surface area contributed by atoms with Gasteiger partial charge in [0.2, 0.25) is 0 Å². The van der Waals surface area contributed by atoms with E-state index in [-0.39, 0.29) is 11.9 Å². The molecular formula is C22H32ClN3O3. The minimum Gasteiger partial charge on any atom is -0.496 e. The average molecular weight is 422 g/mol. The number of rotatable bonds is 5. The summed E-state index contributed by atoms with van der Waals surface area (Å²) in [5, 5.41) is 3.57. The van der Waals surface area contributed by atoms with Gasteiger partial charge in [-0.15, -0.1) is 0 Å². The minimum absolute atomic E-state index is 0.130. The van der Waals surface area contributed by atoms with Crippen LogP contribution in [0.5, 0.6) is 5.75 Å². The van der Waals surface area contributed by atoms with Crippen LogP contribution in [0.2, 0.25) is 5.02 Å². The Morgan fingerprint density at radius 2 is 1.93 bits per heavy atom. The van der Waals surface area contributed by atoms with Crippen LogP contribution in [0.15, 0.2) is 12.1 Å². The number of hydrogen-bond acceptors (Lipinski definition) is 5. The molecule has 1 aliphatic carbocycles. The lowest BCUT2D eigenvalue weighted by atomic mass is 9.85. The fourth-order valence-corrected chi connectivity index (χ4v) is 5.42. The highest BCUT2D eigenvalue weighted by atomic mass is 35.5. The van der Waals surface area contributed by atoms with Crippen LogP contribution in [0.1, 0.15) is 55.3 Å².